The van der Waals surface area contributed by atoms with Crippen LogP contribution in [0.1, 0.15) is 0 Å². The fourth-order valence-corrected chi connectivity index (χ4v) is 0. The van der Waals surface area contributed by atoms with Gasteiger partial charge in [-0.1, -0.05) is 0 Å². The fraction of sp³-hybridized carbons (Fsp3) is 0. The normalized spacial score (nSPS) is 3.27. The summed E-state index contributed by atoms with van der Waals surface area (Å²) in [7, 11) is 0. The number of hydrogen-bond donors (Lipinski definition) is 0. The van der Waals surface area contributed by atoms with Crippen molar-refractivity contribution >= 4 is 0 Å². The summed E-state index contributed by atoms with van der Waals surface area (Å²) in [6.45, 7) is 0. The van der Waals surface area contributed by atoms with Crippen molar-refractivity contribution in [2.24, 2.45) is 32.0 Å². The fourth-order valence-electron chi connectivity index (χ4n) is 0. The SMILES string of the molecule is O=N[O-].O=N[O-].O=N[O-].O=N[O-].O=N[O-].O=N[O-].[Na+].[Na+].[Na+].[Rh]. The average Bonchev–Trinajstić information content (AvgIpc) is 2.23. The van der Waals surface area contributed by atoms with Crippen LogP contribution in [-0.2, 0) is 19.5 Å². The van der Waals surface area contributed by atoms with Crippen LogP contribution in [-0.4, -0.2) is 0 Å². The Bertz CT molecular complexity index is 126. The summed E-state index contributed by atoms with van der Waals surface area (Å²) >= 11 is 0. The van der Waals surface area contributed by atoms with Crippen molar-refractivity contribution in [1.82, 2.24) is 0 Å². The molecule has 22 heteroatoms. The van der Waals surface area contributed by atoms with Crippen LogP contribution in [0.15, 0.2) is 32.0 Å². The van der Waals surface area contributed by atoms with E-state index in [1.807, 2.05) is 0 Å². The van der Waals surface area contributed by atoms with Gasteiger partial charge in [0.2, 0.25) is 0 Å². The first-order chi connectivity index (χ1) is 8.49. The molecule has 0 aliphatic carbocycles. The van der Waals surface area contributed by atoms with E-state index in [1.54, 1.807) is 0 Å². The van der Waals surface area contributed by atoms with Gasteiger partial charge < -0.3 is 60.7 Å². The molecular weight excluding hydrogens is 448 g/mol. The van der Waals surface area contributed by atoms with Gasteiger partial charge in [-0.15, -0.1) is 32.0 Å². The second kappa shape index (κ2) is 232. The molecule has 0 aromatic rings. The van der Waals surface area contributed by atoms with Gasteiger partial charge in [-0.25, -0.2) is 0 Å². The Morgan fingerprint density at radius 3 is 0.364 bits per heavy atom. The van der Waals surface area contributed by atoms with Crippen molar-refractivity contribution in [3.8, 4) is 0 Å². The van der Waals surface area contributed by atoms with Gasteiger partial charge in [0.1, 0.15) is 0 Å². The molecule has 0 aromatic carbocycles. The van der Waals surface area contributed by atoms with Gasteiger partial charge in [-0.2, -0.15) is 0 Å². The average molecular weight is 448 g/mol. The van der Waals surface area contributed by atoms with Crippen LogP contribution < -0.4 is 88.7 Å². The van der Waals surface area contributed by atoms with Crippen molar-refractivity contribution in [2.45, 2.75) is 0 Å². The molecule has 0 fully saturated rings. The maximum absolute atomic E-state index is 8.00. The van der Waals surface area contributed by atoms with Crippen LogP contribution in [0.4, 0.5) is 0 Å². The summed E-state index contributed by atoms with van der Waals surface area (Å²) in [6, 6.07) is 0. The zero-order valence-corrected chi connectivity index (χ0v) is 18.6. The monoisotopic (exact) mass is 448 g/mol. The molecule has 0 aliphatic rings. The minimum absolute atomic E-state index is 0. The molecule has 0 saturated carbocycles. The van der Waals surface area contributed by atoms with E-state index in [2.05, 4.69) is 0 Å². The Kier molecular flexibility index (Phi) is 711. The van der Waals surface area contributed by atoms with Gasteiger partial charge in [-0.3, -0.25) is 0 Å². The molecule has 0 bridgehead atoms. The van der Waals surface area contributed by atoms with Crippen molar-refractivity contribution in [3.05, 3.63) is 60.7 Å². The van der Waals surface area contributed by atoms with Crippen LogP contribution >= 0.6 is 0 Å². The van der Waals surface area contributed by atoms with E-state index >= 15 is 0 Å². The van der Waals surface area contributed by atoms with Gasteiger partial charge in [0.15, 0.2) is 0 Å². The van der Waals surface area contributed by atoms with Gasteiger partial charge in [0.25, 0.3) is 0 Å². The molecule has 18 nitrogen and oxygen atoms in total. The first kappa shape index (κ1) is 67.3. The third-order valence-electron chi connectivity index (χ3n) is 0. The summed E-state index contributed by atoms with van der Waals surface area (Å²) in [4.78, 5) is 48.0. The van der Waals surface area contributed by atoms with E-state index < -0.39 is 0 Å². The molecule has 1 radical (unpaired) electrons. The maximum atomic E-state index is 8.00. The van der Waals surface area contributed by atoms with Gasteiger partial charge in [0.05, 0.1) is 0 Å². The van der Waals surface area contributed by atoms with E-state index in [-0.39, 0.29) is 108 Å². The van der Waals surface area contributed by atoms with E-state index in [0.29, 0.717) is 0 Å². The Morgan fingerprint density at radius 1 is 0.364 bits per heavy atom. The van der Waals surface area contributed by atoms with Crippen molar-refractivity contribution in [2.75, 3.05) is 0 Å². The first-order valence-electron chi connectivity index (χ1n) is 2.19. The Morgan fingerprint density at radius 2 is 0.364 bits per heavy atom. The quantitative estimate of drug-likeness (QED) is 0.189. The summed E-state index contributed by atoms with van der Waals surface area (Å²) < 4.78 is 0. The minimum Gasteiger partial charge on any atom is -0.444 e. The van der Waals surface area contributed by atoms with Crippen LogP contribution in [0.5, 0.6) is 0 Å². The Labute approximate surface area is 198 Å². The maximum Gasteiger partial charge on any atom is 1.00 e. The number of nitrogens with zero attached hydrogens (tertiary/aromatic N) is 6. The molecule has 0 amide bonds. The summed E-state index contributed by atoms with van der Waals surface area (Å²) in [6.07, 6.45) is 0. The van der Waals surface area contributed by atoms with Gasteiger partial charge >= 0.3 is 88.7 Å². The summed E-state index contributed by atoms with van der Waals surface area (Å²) in [5.41, 5.74) is 0. The number of rotatable bonds is 0. The van der Waals surface area contributed by atoms with Crippen LogP contribution in [0.3, 0.4) is 0 Å². The van der Waals surface area contributed by atoms with Gasteiger partial charge in [-0.05, 0) is 0 Å². The molecule has 0 rings (SSSR count). The Hall–Kier alpha value is 0.0234. The predicted molar refractivity (Wildman–Crippen MR) is 55.0 cm³/mol. The molecule has 22 heavy (non-hydrogen) atoms. The molecule has 0 aromatic heterocycles. The van der Waals surface area contributed by atoms with E-state index in [1.165, 1.54) is 0 Å². The third kappa shape index (κ3) is 13300000. The van der Waals surface area contributed by atoms with E-state index in [4.69, 9.17) is 60.7 Å². The predicted octanol–water partition coefficient (Wildman–Crippen LogP) is -7.49. The second-order valence-electron chi connectivity index (χ2n) is 0.447. The smallest absolute Gasteiger partial charge is 0.444 e. The van der Waals surface area contributed by atoms with Gasteiger partial charge in [0, 0.05) is 19.5 Å². The van der Waals surface area contributed by atoms with E-state index in [9.17, 15) is 0 Å². The topological polar surface area (TPSA) is 315 Å². The van der Waals surface area contributed by atoms with Crippen molar-refractivity contribution < 1.29 is 108 Å². The second-order valence-corrected chi connectivity index (χ2v) is 0.447. The van der Waals surface area contributed by atoms with Crippen LogP contribution in [0.25, 0.3) is 0 Å². The molecule has 0 saturated heterocycles. The van der Waals surface area contributed by atoms with Crippen LogP contribution in [0.2, 0.25) is 0 Å². The molecule has 0 N–H and O–H groups in total. The zero-order valence-electron chi connectivity index (χ0n) is 10.9. The van der Waals surface area contributed by atoms with Crippen molar-refractivity contribution in [1.29, 1.82) is 0 Å². The summed E-state index contributed by atoms with van der Waals surface area (Å²) in [5, 5.41) is 54.0. The molecular formula is N6Na3O12Rh-3. The molecule has 0 heterocycles. The number of hydrogen-bond acceptors (Lipinski definition) is 18. The largest absolute Gasteiger partial charge is 1.00 e. The molecule has 0 unspecified atom stereocenters. The molecule has 0 aliphatic heterocycles. The van der Waals surface area contributed by atoms with Crippen LogP contribution in [0, 0.1) is 60.7 Å². The third-order valence-corrected chi connectivity index (χ3v) is 0. The zero-order chi connectivity index (χ0) is 16.2. The first-order valence-corrected chi connectivity index (χ1v) is 2.19. The van der Waals surface area contributed by atoms with Crippen molar-refractivity contribution in [3.63, 3.8) is 0 Å². The molecule has 0 atom stereocenters. The summed E-state index contributed by atoms with van der Waals surface area (Å²) in [5.74, 6) is 0. The molecule has 117 valence electrons. The van der Waals surface area contributed by atoms with E-state index in [0.717, 1.165) is 32.0 Å². The standard InChI is InChI=1S/6HNO2.3Na.Rh/c6*2-1-3;;;;/h6*(H,2,3);;;;/q;;;;;;3*+1;/p-6. The molecule has 0 spiro atoms. The Balaban J connectivity index is -0.00000000947. The minimum atomic E-state index is 0.